The standard InChI is InChI=1S/C25H32N2O5.C17H26N2O3.C15H15NO3.C7H9NO/c1-26-23(24(28)32-22-9-5-6-10-22)15-16-30-21-13-11-19(12-14-21)17-27-25(29)31-18-20-7-3-2-4-8-20;1-19-16(17(20)22-15-4-2-3-5-15)10-11-21-14-8-6-13(12-18)7-9-14;17-14-8-6-12(7-9-14)10-16-15(18)19-11-13-4-2-1-3-5-13;8-5-6-1-3-7(9)4-2-6/h2-4,7-8,11-14,22-23,26H,5-6,9-10,15-18H2,1H3,(H,27,29);6-9,15-16,19H,2-5,10-12,18H2,1H3;1-9,17H,10-11H2,(H,16,18);1-4,9H,5,8H2/t23-;16-;;/m00../s1. The molecule has 0 aromatic heterocycles. The number of benzene rings is 6. The first-order valence-corrected chi connectivity index (χ1v) is 28.0. The van der Waals surface area contributed by atoms with Crippen molar-refractivity contribution in [2.45, 2.75) is 128 Å². The Morgan fingerprint density at radius 1 is 0.463 bits per heavy atom. The second-order valence-electron chi connectivity index (χ2n) is 19.5. The highest BCUT2D eigenvalue weighted by Crippen LogP contribution is 2.23. The Hall–Kier alpha value is -8.16. The second-order valence-corrected chi connectivity index (χ2v) is 19.5. The van der Waals surface area contributed by atoms with Crippen molar-refractivity contribution < 1.29 is 57.8 Å². The first-order chi connectivity index (χ1) is 39.9. The minimum Gasteiger partial charge on any atom is -0.508 e. The van der Waals surface area contributed by atoms with E-state index in [9.17, 15) is 19.2 Å². The summed E-state index contributed by atoms with van der Waals surface area (Å²) in [7, 11) is 3.53. The number of phenolic OH excluding ortho intramolecular Hbond substituents is 2. The van der Waals surface area contributed by atoms with Gasteiger partial charge in [-0.15, -0.1) is 0 Å². The number of ether oxygens (including phenoxy) is 6. The summed E-state index contributed by atoms with van der Waals surface area (Å²) in [6.07, 6.45) is 8.84. The topological polar surface area (TPSA) is 264 Å². The summed E-state index contributed by atoms with van der Waals surface area (Å²) in [5.41, 5.74) is 16.7. The van der Waals surface area contributed by atoms with Gasteiger partial charge in [0.1, 0.15) is 60.5 Å². The van der Waals surface area contributed by atoms with Gasteiger partial charge in [-0.05, 0) is 147 Å². The van der Waals surface area contributed by atoms with Crippen molar-refractivity contribution in [1.82, 2.24) is 21.3 Å². The molecule has 0 spiro atoms. The molecule has 8 rings (SSSR count). The Morgan fingerprint density at radius 2 is 0.793 bits per heavy atom. The van der Waals surface area contributed by atoms with Crippen LogP contribution in [-0.2, 0) is 67.9 Å². The van der Waals surface area contributed by atoms with Crippen molar-refractivity contribution in [3.63, 3.8) is 0 Å². The molecule has 0 saturated heterocycles. The lowest BCUT2D eigenvalue weighted by molar-refractivity contribution is -0.152. The van der Waals surface area contributed by atoms with Gasteiger partial charge >= 0.3 is 24.1 Å². The number of nitrogens with two attached hydrogens (primary N) is 2. The number of phenols is 2. The zero-order valence-corrected chi connectivity index (χ0v) is 47.2. The van der Waals surface area contributed by atoms with Crippen molar-refractivity contribution in [3.05, 3.63) is 191 Å². The number of alkyl carbamates (subject to hydrolysis) is 2. The van der Waals surface area contributed by atoms with Crippen LogP contribution in [0.2, 0.25) is 0 Å². The fourth-order valence-electron chi connectivity index (χ4n) is 8.42. The molecular weight excluding hydrogens is 1040 g/mol. The lowest BCUT2D eigenvalue weighted by atomic mass is 10.2. The fourth-order valence-corrected chi connectivity index (χ4v) is 8.42. The van der Waals surface area contributed by atoms with Crippen molar-refractivity contribution in [1.29, 1.82) is 0 Å². The van der Waals surface area contributed by atoms with Gasteiger partial charge in [-0.1, -0.05) is 109 Å². The molecule has 0 bridgehead atoms. The molecule has 0 unspecified atom stereocenters. The SMILES string of the molecule is CN[C@@H](CCOc1ccc(CN)cc1)C(=O)OC1CCCC1.CN[C@@H](CCOc1ccc(CNC(=O)OCc2ccccc2)cc1)C(=O)OC1CCCC1.NCc1ccc(O)cc1.O=C(NCc1ccc(O)cc1)OCc1ccccc1. The van der Waals surface area contributed by atoms with Gasteiger partial charge in [0.05, 0.1) is 13.2 Å². The molecule has 6 aromatic rings. The summed E-state index contributed by atoms with van der Waals surface area (Å²) < 4.78 is 32.8. The summed E-state index contributed by atoms with van der Waals surface area (Å²) in [5.74, 6) is 1.61. The monoisotopic (exact) mass is 1130 g/mol. The summed E-state index contributed by atoms with van der Waals surface area (Å²) in [6.45, 7) is 3.14. The quantitative estimate of drug-likeness (QED) is 0.0207. The molecule has 2 aliphatic carbocycles. The second kappa shape index (κ2) is 37.7. The molecule has 82 heavy (non-hydrogen) atoms. The van der Waals surface area contributed by atoms with Crippen LogP contribution in [0.25, 0.3) is 0 Å². The largest absolute Gasteiger partial charge is 0.508 e. The predicted octanol–water partition coefficient (Wildman–Crippen LogP) is 9.61. The van der Waals surface area contributed by atoms with E-state index in [0.717, 1.165) is 90.5 Å². The Labute approximate surface area is 482 Å². The van der Waals surface area contributed by atoms with E-state index in [0.29, 0.717) is 58.0 Å². The van der Waals surface area contributed by atoms with Crippen molar-refractivity contribution in [2.75, 3.05) is 27.3 Å². The summed E-state index contributed by atoms with van der Waals surface area (Å²) in [4.78, 5) is 47.7. The van der Waals surface area contributed by atoms with Crippen LogP contribution in [0.1, 0.15) is 97.6 Å². The lowest BCUT2D eigenvalue weighted by Gasteiger charge is -2.18. The van der Waals surface area contributed by atoms with Gasteiger partial charge in [-0.2, -0.15) is 0 Å². The number of hydrogen-bond donors (Lipinski definition) is 8. The molecule has 0 aliphatic heterocycles. The number of nitrogens with one attached hydrogen (secondary N) is 4. The van der Waals surface area contributed by atoms with Crippen molar-refractivity contribution >= 4 is 24.1 Å². The Kier molecular flexibility index (Phi) is 29.7. The maximum atomic E-state index is 12.3. The molecule has 6 aromatic carbocycles. The number of carbonyl (C=O) groups excluding carboxylic acids is 4. The van der Waals surface area contributed by atoms with E-state index in [4.69, 9.17) is 50.1 Å². The van der Waals surface area contributed by atoms with E-state index >= 15 is 0 Å². The van der Waals surface area contributed by atoms with Gasteiger partial charge in [0.2, 0.25) is 0 Å². The normalized spacial score (nSPS) is 13.4. The van der Waals surface area contributed by atoms with E-state index in [1.54, 1.807) is 62.6 Å². The number of rotatable bonds is 24. The highest BCUT2D eigenvalue weighted by atomic mass is 16.6. The van der Waals surface area contributed by atoms with Gasteiger partial charge in [-0.3, -0.25) is 9.59 Å². The fraction of sp³-hybridized carbons (Fsp3) is 0.375. The van der Waals surface area contributed by atoms with Gasteiger partial charge in [0.25, 0.3) is 0 Å². The van der Waals surface area contributed by atoms with Crippen LogP contribution in [0.5, 0.6) is 23.0 Å². The summed E-state index contributed by atoms with van der Waals surface area (Å²) >= 11 is 0. The highest BCUT2D eigenvalue weighted by molar-refractivity contribution is 5.76. The number of amides is 2. The third kappa shape index (κ3) is 26.0. The number of likely N-dealkylation sites (N-methyl/N-ethyl adjacent to an activating group) is 2. The maximum Gasteiger partial charge on any atom is 0.407 e. The molecule has 440 valence electrons. The van der Waals surface area contributed by atoms with E-state index in [-0.39, 0.29) is 60.9 Å². The smallest absolute Gasteiger partial charge is 0.407 e. The van der Waals surface area contributed by atoms with E-state index in [1.165, 1.54) is 0 Å². The number of hydrogen-bond acceptors (Lipinski definition) is 16. The van der Waals surface area contributed by atoms with Crippen molar-refractivity contribution in [2.24, 2.45) is 11.5 Å². The van der Waals surface area contributed by atoms with Crippen LogP contribution < -0.4 is 42.2 Å². The number of esters is 2. The summed E-state index contributed by atoms with van der Waals surface area (Å²) in [5, 5.41) is 29.3. The molecule has 2 saturated carbocycles. The Bertz CT molecular complexity index is 2710. The number of aromatic hydroxyl groups is 2. The summed E-state index contributed by atoms with van der Waals surface area (Å²) in [6, 6.07) is 47.0. The van der Waals surface area contributed by atoms with Gasteiger partial charge in [-0.25, -0.2) is 9.59 Å². The van der Waals surface area contributed by atoms with Crippen LogP contribution in [-0.4, -0.2) is 85.9 Å². The average Bonchev–Trinajstić information content (AvgIpc) is 4.25. The van der Waals surface area contributed by atoms with Crippen molar-refractivity contribution in [3.8, 4) is 23.0 Å². The van der Waals surface area contributed by atoms with Crippen LogP contribution in [0.3, 0.4) is 0 Å². The average molecular weight is 1130 g/mol. The Morgan fingerprint density at radius 3 is 1.13 bits per heavy atom. The molecule has 18 nitrogen and oxygen atoms in total. The minimum atomic E-state index is -0.461. The van der Waals surface area contributed by atoms with E-state index in [2.05, 4.69) is 21.3 Å². The molecule has 0 radical (unpaired) electrons. The maximum absolute atomic E-state index is 12.3. The Balaban J connectivity index is 0.000000216. The molecule has 2 atom stereocenters. The molecule has 2 fully saturated rings. The van der Waals surface area contributed by atoms with Gasteiger partial charge < -0.3 is 71.4 Å². The molecule has 10 N–H and O–H groups in total. The van der Waals surface area contributed by atoms with Crippen LogP contribution in [0.15, 0.2) is 158 Å². The first kappa shape index (κ1) is 64.7. The van der Waals surface area contributed by atoms with Gasteiger partial charge in [0, 0.05) is 39.0 Å². The third-order valence-corrected chi connectivity index (χ3v) is 13.3. The molecular formula is C64H82N6O12. The zero-order chi connectivity index (χ0) is 58.6. The van der Waals surface area contributed by atoms with Crippen LogP contribution >= 0.6 is 0 Å². The third-order valence-electron chi connectivity index (χ3n) is 13.3. The molecule has 2 amide bonds. The molecule has 0 heterocycles. The molecule has 18 heteroatoms. The predicted molar refractivity (Wildman–Crippen MR) is 314 cm³/mol. The van der Waals surface area contributed by atoms with Crippen LogP contribution in [0, 0.1) is 0 Å². The van der Waals surface area contributed by atoms with Crippen LogP contribution in [0.4, 0.5) is 9.59 Å². The number of carbonyl (C=O) groups is 4. The zero-order valence-electron chi connectivity index (χ0n) is 47.2. The van der Waals surface area contributed by atoms with E-state index < -0.39 is 12.2 Å². The van der Waals surface area contributed by atoms with E-state index in [1.807, 2.05) is 109 Å². The minimum absolute atomic E-state index is 0.0658. The first-order valence-electron chi connectivity index (χ1n) is 28.0. The van der Waals surface area contributed by atoms with Gasteiger partial charge in [0.15, 0.2) is 0 Å². The lowest BCUT2D eigenvalue weighted by Crippen LogP contribution is -2.38. The molecule has 2 aliphatic rings. The highest BCUT2D eigenvalue weighted by Gasteiger charge is 2.26.